The number of benzene rings is 2. The van der Waals surface area contributed by atoms with Crippen molar-refractivity contribution in [2.45, 2.75) is 26.4 Å². The van der Waals surface area contributed by atoms with Gasteiger partial charge in [-0.2, -0.15) is 0 Å². The Kier molecular flexibility index (Phi) is 6.74. The van der Waals surface area contributed by atoms with E-state index in [9.17, 15) is 9.59 Å². The SMILES string of the molecule is CC[C@@H](C)Oc1ccc(/C=C2\C(=O)NC(=S)N(c3ccc(OC)cc3)C2=O)cc1Cl. The zero-order valence-electron chi connectivity index (χ0n) is 16.8. The lowest BCUT2D eigenvalue weighted by molar-refractivity contribution is -0.122. The lowest BCUT2D eigenvalue weighted by Crippen LogP contribution is -2.54. The van der Waals surface area contributed by atoms with E-state index in [1.54, 1.807) is 49.6 Å². The Hall–Kier alpha value is -2.90. The average Bonchev–Trinajstić information content (AvgIpc) is 2.73. The number of thiocarbonyl (C=S) groups is 1. The highest BCUT2D eigenvalue weighted by Gasteiger charge is 2.34. The third kappa shape index (κ3) is 4.63. The average molecular weight is 445 g/mol. The predicted molar refractivity (Wildman–Crippen MR) is 121 cm³/mol. The van der Waals surface area contributed by atoms with E-state index in [2.05, 4.69) is 5.32 Å². The van der Waals surface area contributed by atoms with Crippen LogP contribution in [0.25, 0.3) is 6.08 Å². The Morgan fingerprint density at radius 1 is 1.20 bits per heavy atom. The maximum Gasteiger partial charge on any atom is 0.270 e. The number of methoxy groups -OCH3 is 1. The summed E-state index contributed by atoms with van der Waals surface area (Å²) in [4.78, 5) is 26.8. The smallest absolute Gasteiger partial charge is 0.270 e. The number of hydrogen-bond acceptors (Lipinski definition) is 5. The fourth-order valence-corrected chi connectivity index (χ4v) is 3.31. The molecule has 2 aromatic rings. The summed E-state index contributed by atoms with van der Waals surface area (Å²) in [7, 11) is 1.55. The van der Waals surface area contributed by atoms with Gasteiger partial charge in [0.15, 0.2) is 5.11 Å². The molecule has 1 fully saturated rings. The number of rotatable bonds is 6. The minimum Gasteiger partial charge on any atom is -0.497 e. The van der Waals surface area contributed by atoms with Crippen molar-refractivity contribution in [3.05, 3.63) is 58.6 Å². The highest BCUT2D eigenvalue weighted by Crippen LogP contribution is 2.29. The molecule has 2 aromatic carbocycles. The number of anilines is 1. The van der Waals surface area contributed by atoms with Gasteiger partial charge >= 0.3 is 0 Å². The first-order chi connectivity index (χ1) is 14.3. The van der Waals surface area contributed by atoms with Gasteiger partial charge in [0.05, 0.1) is 23.9 Å². The van der Waals surface area contributed by atoms with Crippen LogP contribution in [0.4, 0.5) is 5.69 Å². The van der Waals surface area contributed by atoms with Gasteiger partial charge in [0, 0.05) is 0 Å². The van der Waals surface area contributed by atoms with Gasteiger partial charge in [0.2, 0.25) is 0 Å². The van der Waals surface area contributed by atoms with E-state index in [-0.39, 0.29) is 16.8 Å². The fourth-order valence-electron chi connectivity index (χ4n) is 2.79. The molecule has 0 unspecified atom stereocenters. The van der Waals surface area contributed by atoms with Crippen LogP contribution in [0.5, 0.6) is 11.5 Å². The monoisotopic (exact) mass is 444 g/mol. The standard InChI is InChI=1S/C22H21ClN2O4S/c1-4-13(2)29-19-10-5-14(12-18(19)23)11-17-20(26)24-22(30)25(21(17)27)15-6-8-16(28-3)9-7-15/h5-13H,4H2,1-3H3,(H,24,26,30)/b17-11+/t13-/m1/s1. The molecule has 1 N–H and O–H groups in total. The number of carbonyl (C=O) groups is 2. The maximum absolute atomic E-state index is 13.1. The van der Waals surface area contributed by atoms with Crippen molar-refractivity contribution < 1.29 is 19.1 Å². The van der Waals surface area contributed by atoms with Gasteiger partial charge in [-0.25, -0.2) is 0 Å². The summed E-state index contributed by atoms with van der Waals surface area (Å²) < 4.78 is 10.9. The Morgan fingerprint density at radius 3 is 2.50 bits per heavy atom. The summed E-state index contributed by atoms with van der Waals surface area (Å²) in [5, 5.41) is 2.97. The zero-order valence-corrected chi connectivity index (χ0v) is 18.3. The number of nitrogens with zero attached hydrogens (tertiary/aromatic N) is 1. The topological polar surface area (TPSA) is 67.9 Å². The summed E-state index contributed by atoms with van der Waals surface area (Å²) in [6.45, 7) is 3.97. The van der Waals surface area contributed by atoms with Gasteiger partial charge < -0.3 is 9.47 Å². The van der Waals surface area contributed by atoms with Crippen LogP contribution in [0, 0.1) is 0 Å². The van der Waals surface area contributed by atoms with Crippen molar-refractivity contribution in [2.75, 3.05) is 12.0 Å². The van der Waals surface area contributed by atoms with Crippen molar-refractivity contribution in [1.29, 1.82) is 0 Å². The van der Waals surface area contributed by atoms with E-state index < -0.39 is 11.8 Å². The van der Waals surface area contributed by atoms with Crippen LogP contribution < -0.4 is 19.7 Å². The largest absolute Gasteiger partial charge is 0.497 e. The van der Waals surface area contributed by atoms with Crippen LogP contribution in [-0.4, -0.2) is 30.1 Å². The second-order valence-corrected chi connectivity index (χ2v) is 7.48. The molecule has 1 aliphatic heterocycles. The number of ether oxygens (including phenoxy) is 2. The minimum absolute atomic E-state index is 0.0163. The Balaban J connectivity index is 1.91. The van der Waals surface area contributed by atoms with Crippen LogP contribution in [0.3, 0.4) is 0 Å². The zero-order chi connectivity index (χ0) is 21.8. The van der Waals surface area contributed by atoms with Gasteiger partial charge in [-0.3, -0.25) is 19.8 Å². The summed E-state index contributed by atoms with van der Waals surface area (Å²) in [5.41, 5.74) is 1.07. The Morgan fingerprint density at radius 2 is 1.90 bits per heavy atom. The molecule has 0 bridgehead atoms. The summed E-state index contributed by atoms with van der Waals surface area (Å²) in [6.07, 6.45) is 2.35. The van der Waals surface area contributed by atoms with Gasteiger partial charge in [-0.1, -0.05) is 24.6 Å². The molecule has 6 nitrogen and oxygen atoms in total. The Labute approximate surface area is 185 Å². The van der Waals surface area contributed by atoms with E-state index in [1.807, 2.05) is 13.8 Å². The third-order valence-corrected chi connectivity index (χ3v) is 5.18. The van der Waals surface area contributed by atoms with E-state index in [0.717, 1.165) is 6.42 Å². The molecule has 1 atom stereocenters. The molecule has 30 heavy (non-hydrogen) atoms. The lowest BCUT2D eigenvalue weighted by Gasteiger charge is -2.29. The van der Waals surface area contributed by atoms with E-state index >= 15 is 0 Å². The second-order valence-electron chi connectivity index (χ2n) is 6.68. The maximum atomic E-state index is 13.1. The van der Waals surface area contributed by atoms with Crippen molar-refractivity contribution in [1.82, 2.24) is 5.32 Å². The lowest BCUT2D eigenvalue weighted by atomic mass is 10.1. The minimum atomic E-state index is -0.564. The first kappa shape index (κ1) is 21.8. The molecule has 1 aliphatic rings. The van der Waals surface area contributed by atoms with Crippen LogP contribution in [-0.2, 0) is 9.59 Å². The molecule has 8 heteroatoms. The number of nitrogens with one attached hydrogen (secondary N) is 1. The van der Waals surface area contributed by atoms with E-state index in [4.69, 9.17) is 33.3 Å². The molecule has 0 spiro atoms. The molecule has 1 heterocycles. The van der Waals surface area contributed by atoms with Crippen molar-refractivity contribution in [2.24, 2.45) is 0 Å². The fraction of sp³-hybridized carbons (Fsp3) is 0.227. The highest BCUT2D eigenvalue weighted by atomic mass is 35.5. The first-order valence-electron chi connectivity index (χ1n) is 9.35. The van der Waals surface area contributed by atoms with Crippen molar-refractivity contribution in [3.63, 3.8) is 0 Å². The quantitative estimate of drug-likeness (QED) is 0.407. The molecule has 3 rings (SSSR count). The van der Waals surface area contributed by atoms with Gasteiger partial charge in [-0.05, 0) is 73.6 Å². The predicted octanol–water partition coefficient (Wildman–Crippen LogP) is 4.36. The second kappa shape index (κ2) is 9.28. The van der Waals surface area contributed by atoms with Crippen LogP contribution in [0.1, 0.15) is 25.8 Å². The normalized spacial score (nSPS) is 16.5. The molecule has 0 aliphatic carbocycles. The van der Waals surface area contributed by atoms with Gasteiger partial charge in [-0.15, -0.1) is 0 Å². The van der Waals surface area contributed by atoms with Crippen LogP contribution in [0.2, 0.25) is 5.02 Å². The van der Waals surface area contributed by atoms with Crippen molar-refractivity contribution >= 4 is 52.5 Å². The molecule has 2 amide bonds. The number of halogens is 1. The molecule has 156 valence electrons. The highest BCUT2D eigenvalue weighted by molar-refractivity contribution is 7.80. The summed E-state index contributed by atoms with van der Waals surface area (Å²) in [6, 6.07) is 11.9. The molecule has 0 radical (unpaired) electrons. The Bertz CT molecular complexity index is 1020. The van der Waals surface area contributed by atoms with Crippen molar-refractivity contribution in [3.8, 4) is 11.5 Å². The number of hydrogen-bond donors (Lipinski definition) is 1. The summed E-state index contributed by atoms with van der Waals surface area (Å²) in [5.74, 6) is 0.104. The molecular formula is C22H21ClN2O4S. The van der Waals surface area contributed by atoms with E-state index in [1.165, 1.54) is 11.0 Å². The third-order valence-electron chi connectivity index (χ3n) is 4.60. The number of amides is 2. The molecular weight excluding hydrogens is 424 g/mol. The van der Waals surface area contributed by atoms with Gasteiger partial charge in [0.1, 0.15) is 17.1 Å². The van der Waals surface area contributed by atoms with Crippen LogP contribution in [0.15, 0.2) is 48.0 Å². The molecule has 0 saturated carbocycles. The molecule has 1 saturated heterocycles. The van der Waals surface area contributed by atoms with Gasteiger partial charge in [0.25, 0.3) is 11.8 Å². The van der Waals surface area contributed by atoms with Crippen LogP contribution >= 0.6 is 23.8 Å². The molecule has 0 aromatic heterocycles. The number of carbonyl (C=O) groups excluding carboxylic acids is 2. The first-order valence-corrected chi connectivity index (χ1v) is 10.1. The summed E-state index contributed by atoms with van der Waals surface area (Å²) >= 11 is 11.5. The van der Waals surface area contributed by atoms with E-state index in [0.29, 0.717) is 27.8 Å².